The minimum Gasteiger partial charge on any atom is -0.378 e. The van der Waals surface area contributed by atoms with Crippen molar-refractivity contribution in [2.45, 2.75) is 26.2 Å². The molecule has 0 amide bonds. The zero-order valence-electron chi connectivity index (χ0n) is 11.7. The molecule has 1 heterocycles. The van der Waals surface area contributed by atoms with Crippen LogP contribution in [0.3, 0.4) is 0 Å². The molecule has 0 atom stereocenters. The molecule has 0 aliphatic carbocycles. The van der Waals surface area contributed by atoms with E-state index in [1.165, 1.54) is 11.1 Å². The van der Waals surface area contributed by atoms with Crippen LogP contribution in [0.5, 0.6) is 0 Å². The Morgan fingerprint density at radius 1 is 1.11 bits per heavy atom. The first kappa shape index (κ1) is 13.2. The van der Waals surface area contributed by atoms with E-state index in [0.717, 1.165) is 32.0 Å². The van der Waals surface area contributed by atoms with E-state index in [-0.39, 0.29) is 5.41 Å². The maximum absolute atomic E-state index is 5.37. The monoisotopic (exact) mass is 245 g/mol. The summed E-state index contributed by atoms with van der Waals surface area (Å²) in [6.45, 7) is 14.4. The first-order chi connectivity index (χ1) is 8.48. The second-order valence-corrected chi connectivity index (χ2v) is 5.87. The van der Waals surface area contributed by atoms with Gasteiger partial charge in [0.05, 0.1) is 13.2 Å². The molecule has 18 heavy (non-hydrogen) atoms. The van der Waals surface area contributed by atoms with Crippen molar-refractivity contribution in [2.75, 3.05) is 26.3 Å². The molecule has 1 fully saturated rings. The summed E-state index contributed by atoms with van der Waals surface area (Å²) in [7, 11) is 0. The van der Waals surface area contributed by atoms with Crippen molar-refractivity contribution in [3.05, 3.63) is 42.0 Å². The Morgan fingerprint density at radius 3 is 2.17 bits per heavy atom. The van der Waals surface area contributed by atoms with E-state index in [1.54, 1.807) is 0 Å². The smallest absolute Gasteiger partial charge is 0.0642 e. The molecule has 0 bridgehead atoms. The van der Waals surface area contributed by atoms with Crippen molar-refractivity contribution in [2.24, 2.45) is 0 Å². The number of hydrogen-bond donors (Lipinski definition) is 0. The Balaban J connectivity index is 2.11. The fourth-order valence-electron chi connectivity index (χ4n) is 2.18. The molecular formula is C16H23NO. The first-order valence-electron chi connectivity index (χ1n) is 6.61. The largest absolute Gasteiger partial charge is 0.378 e. The molecule has 2 rings (SSSR count). The Labute approximate surface area is 110 Å². The molecule has 0 saturated carbocycles. The van der Waals surface area contributed by atoms with Crippen LogP contribution in [-0.4, -0.2) is 31.2 Å². The topological polar surface area (TPSA) is 12.5 Å². The van der Waals surface area contributed by atoms with E-state index in [2.05, 4.69) is 56.5 Å². The lowest BCUT2D eigenvalue weighted by Gasteiger charge is -2.30. The number of nitrogens with zero attached hydrogens (tertiary/aromatic N) is 1. The van der Waals surface area contributed by atoms with Crippen LogP contribution in [0.4, 0.5) is 0 Å². The second kappa shape index (κ2) is 5.15. The molecule has 0 radical (unpaired) electrons. The lowest BCUT2D eigenvalue weighted by atomic mass is 9.86. The fraction of sp³-hybridized carbons (Fsp3) is 0.500. The average Bonchev–Trinajstić information content (AvgIpc) is 2.38. The highest BCUT2D eigenvalue weighted by Crippen LogP contribution is 2.25. The predicted molar refractivity (Wildman–Crippen MR) is 76.6 cm³/mol. The highest BCUT2D eigenvalue weighted by Gasteiger charge is 2.16. The van der Waals surface area contributed by atoms with Gasteiger partial charge in [-0.15, -0.1) is 0 Å². The minimum atomic E-state index is 0.207. The van der Waals surface area contributed by atoms with Crippen LogP contribution in [0.25, 0.3) is 5.70 Å². The van der Waals surface area contributed by atoms with Crippen molar-refractivity contribution in [3.63, 3.8) is 0 Å². The molecule has 1 aliphatic heterocycles. The van der Waals surface area contributed by atoms with Gasteiger partial charge in [-0.25, -0.2) is 0 Å². The van der Waals surface area contributed by atoms with E-state index < -0.39 is 0 Å². The summed E-state index contributed by atoms with van der Waals surface area (Å²) in [5, 5.41) is 0. The zero-order chi connectivity index (χ0) is 13.2. The van der Waals surface area contributed by atoms with E-state index in [0.29, 0.717) is 0 Å². The van der Waals surface area contributed by atoms with Gasteiger partial charge in [0, 0.05) is 18.8 Å². The van der Waals surface area contributed by atoms with E-state index in [4.69, 9.17) is 4.74 Å². The summed E-state index contributed by atoms with van der Waals surface area (Å²) in [4.78, 5) is 2.30. The summed E-state index contributed by atoms with van der Waals surface area (Å²) < 4.78 is 5.37. The van der Waals surface area contributed by atoms with Crippen molar-refractivity contribution in [3.8, 4) is 0 Å². The second-order valence-electron chi connectivity index (χ2n) is 5.87. The van der Waals surface area contributed by atoms with Crippen LogP contribution >= 0.6 is 0 Å². The van der Waals surface area contributed by atoms with Gasteiger partial charge in [-0.3, -0.25) is 0 Å². The third-order valence-electron chi connectivity index (χ3n) is 3.48. The van der Waals surface area contributed by atoms with Gasteiger partial charge in [0.2, 0.25) is 0 Å². The van der Waals surface area contributed by atoms with Gasteiger partial charge in [-0.05, 0) is 16.5 Å². The highest BCUT2D eigenvalue weighted by molar-refractivity contribution is 5.62. The van der Waals surface area contributed by atoms with Crippen LogP contribution in [0.2, 0.25) is 0 Å². The lowest BCUT2D eigenvalue weighted by Crippen LogP contribution is -2.34. The number of ether oxygens (including phenoxy) is 1. The Bertz CT molecular complexity index is 408. The Hall–Kier alpha value is -1.28. The van der Waals surface area contributed by atoms with Gasteiger partial charge in [-0.1, -0.05) is 51.6 Å². The van der Waals surface area contributed by atoms with E-state index in [9.17, 15) is 0 Å². The van der Waals surface area contributed by atoms with Crippen LogP contribution in [0, 0.1) is 0 Å². The Kier molecular flexibility index (Phi) is 3.76. The van der Waals surface area contributed by atoms with Gasteiger partial charge in [0.1, 0.15) is 0 Å². The first-order valence-corrected chi connectivity index (χ1v) is 6.61. The summed E-state index contributed by atoms with van der Waals surface area (Å²) in [5.41, 5.74) is 3.89. The molecule has 1 aliphatic rings. The highest BCUT2D eigenvalue weighted by atomic mass is 16.5. The van der Waals surface area contributed by atoms with Gasteiger partial charge in [0.15, 0.2) is 0 Å². The quantitative estimate of drug-likeness (QED) is 0.793. The molecule has 2 nitrogen and oxygen atoms in total. The van der Waals surface area contributed by atoms with Crippen LogP contribution < -0.4 is 0 Å². The summed E-state index contributed by atoms with van der Waals surface area (Å²) in [5.74, 6) is 0. The maximum atomic E-state index is 5.37. The third-order valence-corrected chi connectivity index (χ3v) is 3.48. The van der Waals surface area contributed by atoms with Crippen LogP contribution in [0.15, 0.2) is 30.8 Å². The molecule has 1 aromatic carbocycles. The molecule has 1 saturated heterocycles. The normalized spacial score (nSPS) is 16.7. The Morgan fingerprint density at radius 2 is 1.67 bits per heavy atom. The van der Waals surface area contributed by atoms with Gasteiger partial charge in [-0.2, -0.15) is 0 Å². The molecule has 98 valence electrons. The molecule has 2 heteroatoms. The number of morpholine rings is 1. The van der Waals surface area contributed by atoms with Crippen LogP contribution in [0.1, 0.15) is 31.9 Å². The molecule has 0 N–H and O–H groups in total. The van der Waals surface area contributed by atoms with Gasteiger partial charge < -0.3 is 9.64 Å². The number of benzene rings is 1. The standard InChI is InChI=1S/C16H23NO/c1-13(17-9-11-18-12-10-17)14-5-7-15(8-6-14)16(2,3)4/h5-8H,1,9-12H2,2-4H3. The van der Waals surface area contributed by atoms with Crippen molar-refractivity contribution in [1.82, 2.24) is 4.90 Å². The molecule has 1 aromatic rings. The number of rotatable bonds is 2. The fourth-order valence-corrected chi connectivity index (χ4v) is 2.18. The zero-order valence-corrected chi connectivity index (χ0v) is 11.7. The summed E-state index contributed by atoms with van der Waals surface area (Å²) in [6, 6.07) is 8.78. The van der Waals surface area contributed by atoms with Crippen LogP contribution in [-0.2, 0) is 10.2 Å². The van der Waals surface area contributed by atoms with E-state index >= 15 is 0 Å². The summed E-state index contributed by atoms with van der Waals surface area (Å²) >= 11 is 0. The van der Waals surface area contributed by atoms with Crippen molar-refractivity contribution < 1.29 is 4.74 Å². The van der Waals surface area contributed by atoms with Gasteiger partial charge >= 0.3 is 0 Å². The predicted octanol–water partition coefficient (Wildman–Crippen LogP) is 3.29. The minimum absolute atomic E-state index is 0.207. The lowest BCUT2D eigenvalue weighted by molar-refractivity contribution is 0.0641. The number of hydrogen-bond acceptors (Lipinski definition) is 2. The average molecular weight is 245 g/mol. The van der Waals surface area contributed by atoms with Crippen molar-refractivity contribution >= 4 is 5.70 Å². The molecule has 0 unspecified atom stereocenters. The third kappa shape index (κ3) is 2.94. The summed E-state index contributed by atoms with van der Waals surface area (Å²) in [6.07, 6.45) is 0. The maximum Gasteiger partial charge on any atom is 0.0642 e. The van der Waals surface area contributed by atoms with E-state index in [1.807, 2.05) is 0 Å². The molecule has 0 spiro atoms. The molecular weight excluding hydrogens is 222 g/mol. The van der Waals surface area contributed by atoms with Gasteiger partial charge in [0.25, 0.3) is 0 Å². The molecule has 0 aromatic heterocycles. The SMILES string of the molecule is C=C(c1ccc(C(C)(C)C)cc1)N1CCOCC1. The van der Waals surface area contributed by atoms with Crippen molar-refractivity contribution in [1.29, 1.82) is 0 Å².